The van der Waals surface area contributed by atoms with Gasteiger partial charge in [-0.1, -0.05) is 66.2 Å². The van der Waals surface area contributed by atoms with Gasteiger partial charge in [-0.2, -0.15) is 0 Å². The van der Waals surface area contributed by atoms with E-state index in [9.17, 15) is 0 Å². The van der Waals surface area contributed by atoms with Gasteiger partial charge in [0.1, 0.15) is 5.75 Å². The van der Waals surface area contributed by atoms with Gasteiger partial charge in [0, 0.05) is 0 Å². The highest BCUT2D eigenvalue weighted by Gasteiger charge is 2.23. The summed E-state index contributed by atoms with van der Waals surface area (Å²) in [6.45, 7) is 2.15. The number of methoxy groups -OCH3 is 1. The van der Waals surface area contributed by atoms with Gasteiger partial charge in [0.25, 0.3) is 0 Å². The monoisotopic (exact) mass is 328 g/mol. The minimum Gasteiger partial charge on any atom is -0.496 e. The topological polar surface area (TPSA) is 9.23 Å². The minimum atomic E-state index is 0.513. The molecular weight excluding hydrogens is 304 g/mol. The smallest absolute Gasteiger partial charge is 0.122 e. The van der Waals surface area contributed by atoms with Gasteiger partial charge in [0.2, 0.25) is 0 Å². The fourth-order valence-electron chi connectivity index (χ4n) is 4.13. The van der Waals surface area contributed by atoms with Crippen LogP contribution in [0.3, 0.4) is 0 Å². The van der Waals surface area contributed by atoms with Crippen LogP contribution in [0, 0.1) is 6.92 Å². The molecule has 0 saturated carbocycles. The molecule has 25 heavy (non-hydrogen) atoms. The molecule has 0 amide bonds. The fraction of sp³-hybridized carbons (Fsp3) is 0.250. The third-order valence-corrected chi connectivity index (χ3v) is 5.37. The molecule has 0 saturated heterocycles. The number of aryl methyl sites for hydroxylation is 2. The van der Waals surface area contributed by atoms with E-state index in [0.29, 0.717) is 5.92 Å². The predicted octanol–water partition coefficient (Wildman–Crippen LogP) is 5.94. The summed E-state index contributed by atoms with van der Waals surface area (Å²) in [6.07, 6.45) is 3.32. The van der Waals surface area contributed by atoms with Crippen LogP contribution >= 0.6 is 0 Å². The molecule has 0 spiro atoms. The molecule has 1 nitrogen and oxygen atoms in total. The highest BCUT2D eigenvalue weighted by molar-refractivity contribution is 5.72. The zero-order valence-electron chi connectivity index (χ0n) is 15.0. The van der Waals surface area contributed by atoms with Crippen molar-refractivity contribution in [3.63, 3.8) is 0 Å². The van der Waals surface area contributed by atoms with Gasteiger partial charge < -0.3 is 4.74 Å². The molecule has 0 N–H and O–H groups in total. The lowest BCUT2D eigenvalue weighted by Gasteiger charge is -2.20. The summed E-state index contributed by atoms with van der Waals surface area (Å²) >= 11 is 0. The number of ether oxygens (including phenoxy) is 1. The van der Waals surface area contributed by atoms with Crippen LogP contribution < -0.4 is 4.74 Å². The first kappa shape index (κ1) is 16.0. The highest BCUT2D eigenvalue weighted by Crippen LogP contribution is 2.40. The Morgan fingerprint density at radius 3 is 2.52 bits per heavy atom. The second-order valence-corrected chi connectivity index (χ2v) is 7.00. The molecule has 4 rings (SSSR count). The zero-order chi connectivity index (χ0) is 17.2. The number of benzene rings is 3. The van der Waals surface area contributed by atoms with E-state index in [0.717, 1.165) is 18.6 Å². The van der Waals surface area contributed by atoms with Crippen molar-refractivity contribution in [1.29, 1.82) is 0 Å². The lowest BCUT2D eigenvalue weighted by atomic mass is 9.86. The highest BCUT2D eigenvalue weighted by atomic mass is 16.5. The Morgan fingerprint density at radius 1 is 0.920 bits per heavy atom. The van der Waals surface area contributed by atoms with Crippen molar-refractivity contribution in [3.8, 4) is 16.9 Å². The molecule has 1 aliphatic rings. The second-order valence-electron chi connectivity index (χ2n) is 7.00. The Bertz CT molecular complexity index is 894. The van der Waals surface area contributed by atoms with Crippen LogP contribution in [0.1, 0.15) is 34.6 Å². The number of fused-ring (bicyclic) bond motifs is 3. The Balaban J connectivity index is 1.77. The van der Waals surface area contributed by atoms with Gasteiger partial charge in [-0.3, -0.25) is 0 Å². The van der Waals surface area contributed by atoms with Crippen LogP contribution in [0.25, 0.3) is 11.1 Å². The van der Waals surface area contributed by atoms with Gasteiger partial charge in [0.15, 0.2) is 0 Å². The molecule has 3 aromatic carbocycles. The van der Waals surface area contributed by atoms with Crippen LogP contribution in [0.15, 0.2) is 66.7 Å². The summed E-state index contributed by atoms with van der Waals surface area (Å²) in [5.41, 5.74) is 8.34. The maximum atomic E-state index is 5.62. The molecule has 0 aromatic heterocycles. The van der Waals surface area contributed by atoms with E-state index in [1.807, 2.05) is 0 Å². The number of hydrogen-bond acceptors (Lipinski definition) is 1. The second kappa shape index (κ2) is 6.76. The molecule has 1 heteroatoms. The average Bonchev–Trinajstić information content (AvgIpc) is 2.80. The lowest BCUT2D eigenvalue weighted by molar-refractivity contribution is 0.407. The Morgan fingerprint density at radius 2 is 1.68 bits per heavy atom. The maximum absolute atomic E-state index is 5.62. The summed E-state index contributed by atoms with van der Waals surface area (Å²) in [4.78, 5) is 0. The third-order valence-electron chi connectivity index (χ3n) is 5.37. The van der Waals surface area contributed by atoms with Crippen LogP contribution in [0.5, 0.6) is 5.75 Å². The molecule has 1 unspecified atom stereocenters. The molecule has 1 atom stereocenters. The van der Waals surface area contributed by atoms with Gasteiger partial charge in [-0.15, -0.1) is 0 Å². The van der Waals surface area contributed by atoms with Gasteiger partial charge in [0.05, 0.1) is 7.11 Å². The normalized spacial score (nSPS) is 15.8. The van der Waals surface area contributed by atoms with Crippen molar-refractivity contribution in [2.24, 2.45) is 0 Å². The summed E-state index contributed by atoms with van der Waals surface area (Å²) in [7, 11) is 1.77. The Labute approximate surface area is 150 Å². The van der Waals surface area contributed by atoms with E-state index in [1.165, 1.54) is 39.8 Å². The average molecular weight is 328 g/mol. The molecule has 0 aliphatic heterocycles. The third kappa shape index (κ3) is 3.07. The van der Waals surface area contributed by atoms with Crippen molar-refractivity contribution in [2.75, 3.05) is 7.11 Å². The largest absolute Gasteiger partial charge is 0.496 e. The zero-order valence-corrected chi connectivity index (χ0v) is 15.0. The predicted molar refractivity (Wildman–Crippen MR) is 104 cm³/mol. The molecule has 3 aromatic rings. The first-order chi connectivity index (χ1) is 12.3. The summed E-state index contributed by atoms with van der Waals surface area (Å²) in [6, 6.07) is 24.3. The van der Waals surface area contributed by atoms with Crippen molar-refractivity contribution >= 4 is 0 Å². The first-order valence-electron chi connectivity index (χ1n) is 9.07. The Kier molecular flexibility index (Phi) is 4.31. The molecule has 0 fully saturated rings. The van der Waals surface area contributed by atoms with Crippen molar-refractivity contribution in [2.45, 2.75) is 32.1 Å². The van der Waals surface area contributed by atoms with E-state index < -0.39 is 0 Å². The van der Waals surface area contributed by atoms with E-state index in [2.05, 4.69) is 73.7 Å². The van der Waals surface area contributed by atoms with Crippen LogP contribution in [0.4, 0.5) is 0 Å². The number of rotatable bonds is 3. The van der Waals surface area contributed by atoms with E-state index in [-0.39, 0.29) is 0 Å². The summed E-state index contributed by atoms with van der Waals surface area (Å²) < 4.78 is 5.62. The quantitative estimate of drug-likeness (QED) is 0.578. The van der Waals surface area contributed by atoms with Gasteiger partial charge in [-0.25, -0.2) is 0 Å². The Hall–Kier alpha value is -2.54. The van der Waals surface area contributed by atoms with Crippen LogP contribution in [0.2, 0.25) is 0 Å². The van der Waals surface area contributed by atoms with Gasteiger partial charge >= 0.3 is 0 Å². The standard InChI is InChI=1S/C24H24O/c1-17-11-14-24(25-2)20(15-17)16-19-13-12-18-7-3-4-8-21(18)23-10-6-5-9-22(19)23/h3-11,14-15,19H,12-13,16H2,1-2H3. The van der Waals surface area contributed by atoms with E-state index in [4.69, 9.17) is 4.74 Å². The van der Waals surface area contributed by atoms with Crippen LogP contribution in [-0.2, 0) is 12.8 Å². The minimum absolute atomic E-state index is 0.513. The van der Waals surface area contributed by atoms with Crippen LogP contribution in [-0.4, -0.2) is 7.11 Å². The molecular formula is C24H24O. The van der Waals surface area contributed by atoms with Gasteiger partial charge in [-0.05, 0) is 66.0 Å². The molecule has 0 radical (unpaired) electrons. The number of hydrogen-bond donors (Lipinski definition) is 0. The molecule has 126 valence electrons. The van der Waals surface area contributed by atoms with Crippen molar-refractivity contribution < 1.29 is 4.74 Å². The molecule has 0 bridgehead atoms. The van der Waals surface area contributed by atoms with Crippen molar-refractivity contribution in [3.05, 3.63) is 89.0 Å². The maximum Gasteiger partial charge on any atom is 0.122 e. The summed E-state index contributed by atoms with van der Waals surface area (Å²) in [5.74, 6) is 1.52. The van der Waals surface area contributed by atoms with Crippen molar-refractivity contribution in [1.82, 2.24) is 0 Å². The summed E-state index contributed by atoms with van der Waals surface area (Å²) in [5, 5.41) is 0. The molecule has 1 aliphatic carbocycles. The lowest BCUT2D eigenvalue weighted by Crippen LogP contribution is -2.05. The SMILES string of the molecule is COc1ccc(C)cc1CC1CCc2ccccc2-c2ccccc21. The van der Waals surface area contributed by atoms with E-state index in [1.54, 1.807) is 7.11 Å². The molecule has 0 heterocycles. The fourth-order valence-corrected chi connectivity index (χ4v) is 4.13. The van der Waals surface area contributed by atoms with E-state index >= 15 is 0 Å². The first-order valence-corrected chi connectivity index (χ1v) is 9.07.